The Hall–Kier alpha value is -1.90. The first-order chi connectivity index (χ1) is 10.5. The number of hydrogen-bond donors (Lipinski definition) is 0. The third-order valence-electron chi connectivity index (χ3n) is 5.11. The standard InChI is InChI=1S/C19H24NO2/c1-19(2)16-12-15(22-13-21)9-10-17(16)20(3)18(19)11-8-14-6-4-5-7-14/h8-14H,4-7H2,1-3H3/q+1/b11-8+. The second-order valence-corrected chi connectivity index (χ2v) is 6.87. The van der Waals surface area contributed by atoms with E-state index in [4.69, 9.17) is 4.74 Å². The van der Waals surface area contributed by atoms with Crippen molar-refractivity contribution in [1.29, 1.82) is 0 Å². The fraction of sp³-hybridized carbons (Fsp3) is 0.474. The van der Waals surface area contributed by atoms with E-state index in [-0.39, 0.29) is 5.41 Å². The molecule has 3 nitrogen and oxygen atoms in total. The van der Waals surface area contributed by atoms with Crippen LogP contribution in [0.25, 0.3) is 0 Å². The van der Waals surface area contributed by atoms with Crippen molar-refractivity contribution in [2.45, 2.75) is 44.9 Å². The number of fused-ring (bicyclic) bond motifs is 1. The highest BCUT2D eigenvalue weighted by Gasteiger charge is 2.43. The Labute approximate surface area is 132 Å². The van der Waals surface area contributed by atoms with Gasteiger partial charge in [0.1, 0.15) is 12.8 Å². The Kier molecular flexibility index (Phi) is 3.90. The van der Waals surface area contributed by atoms with Crippen LogP contribution in [0.3, 0.4) is 0 Å². The van der Waals surface area contributed by atoms with Crippen molar-refractivity contribution in [2.24, 2.45) is 5.92 Å². The predicted octanol–water partition coefficient (Wildman–Crippen LogP) is 3.97. The van der Waals surface area contributed by atoms with Gasteiger partial charge in [0, 0.05) is 17.7 Å². The molecular formula is C19H24NO2+. The first-order valence-electron chi connectivity index (χ1n) is 8.08. The molecule has 1 aromatic rings. The molecule has 0 amide bonds. The minimum Gasteiger partial charge on any atom is -0.429 e. The van der Waals surface area contributed by atoms with E-state index >= 15 is 0 Å². The molecular weight excluding hydrogens is 274 g/mol. The molecule has 116 valence electrons. The molecule has 0 radical (unpaired) electrons. The lowest BCUT2D eigenvalue weighted by molar-refractivity contribution is -0.401. The molecule has 1 aromatic carbocycles. The van der Waals surface area contributed by atoms with E-state index in [0.717, 1.165) is 5.92 Å². The minimum atomic E-state index is -0.0819. The van der Waals surface area contributed by atoms with Gasteiger partial charge in [-0.05, 0) is 44.7 Å². The van der Waals surface area contributed by atoms with Gasteiger partial charge >= 0.3 is 0 Å². The van der Waals surface area contributed by atoms with Gasteiger partial charge in [-0.3, -0.25) is 4.79 Å². The average molecular weight is 298 g/mol. The maximum atomic E-state index is 10.6. The van der Waals surface area contributed by atoms with Gasteiger partial charge < -0.3 is 4.74 Å². The van der Waals surface area contributed by atoms with Gasteiger partial charge in [0.25, 0.3) is 6.47 Å². The molecule has 1 aliphatic heterocycles. The molecule has 1 heterocycles. The summed E-state index contributed by atoms with van der Waals surface area (Å²) < 4.78 is 7.27. The van der Waals surface area contributed by atoms with Gasteiger partial charge in [-0.25, -0.2) is 0 Å². The van der Waals surface area contributed by atoms with E-state index in [2.05, 4.69) is 37.6 Å². The summed E-state index contributed by atoms with van der Waals surface area (Å²) in [4.78, 5) is 10.6. The van der Waals surface area contributed by atoms with Gasteiger partial charge in [-0.2, -0.15) is 4.58 Å². The second-order valence-electron chi connectivity index (χ2n) is 6.87. The molecule has 0 atom stereocenters. The largest absolute Gasteiger partial charge is 0.429 e. The number of carbonyl (C=O) groups excluding carboxylic acids is 1. The van der Waals surface area contributed by atoms with Crippen molar-refractivity contribution in [3.63, 3.8) is 0 Å². The van der Waals surface area contributed by atoms with E-state index in [1.807, 2.05) is 18.2 Å². The molecule has 2 aliphatic rings. The lowest BCUT2D eigenvalue weighted by Crippen LogP contribution is -2.26. The molecule has 22 heavy (non-hydrogen) atoms. The van der Waals surface area contributed by atoms with E-state index < -0.39 is 0 Å². The van der Waals surface area contributed by atoms with Gasteiger partial charge in [-0.15, -0.1) is 0 Å². The van der Waals surface area contributed by atoms with E-state index in [1.54, 1.807) is 0 Å². The molecule has 0 saturated heterocycles. The van der Waals surface area contributed by atoms with E-state index in [9.17, 15) is 4.79 Å². The zero-order valence-corrected chi connectivity index (χ0v) is 13.6. The van der Waals surface area contributed by atoms with Gasteiger partial charge in [0.05, 0.1) is 5.41 Å². The fourth-order valence-corrected chi connectivity index (χ4v) is 3.82. The monoisotopic (exact) mass is 298 g/mol. The predicted molar refractivity (Wildman–Crippen MR) is 88.1 cm³/mol. The SMILES string of the molecule is C[N+]1=C(/C=C/C2CCCC2)C(C)(C)c2cc(OC=O)ccc21. The van der Waals surface area contributed by atoms with Crippen LogP contribution in [0.2, 0.25) is 0 Å². The highest BCUT2D eigenvalue weighted by atomic mass is 16.5. The number of benzene rings is 1. The number of allylic oxidation sites excluding steroid dienone is 2. The quantitative estimate of drug-likeness (QED) is 0.621. The van der Waals surface area contributed by atoms with Crippen LogP contribution < -0.4 is 4.74 Å². The van der Waals surface area contributed by atoms with Gasteiger partial charge in [-0.1, -0.05) is 18.9 Å². The van der Waals surface area contributed by atoms with Crippen LogP contribution in [0, 0.1) is 5.92 Å². The molecule has 0 bridgehead atoms. The van der Waals surface area contributed by atoms with Crippen LogP contribution >= 0.6 is 0 Å². The van der Waals surface area contributed by atoms with Crippen LogP contribution in [-0.2, 0) is 10.2 Å². The molecule has 0 aromatic heterocycles. The maximum absolute atomic E-state index is 10.6. The highest BCUT2D eigenvalue weighted by Crippen LogP contribution is 2.41. The Morgan fingerprint density at radius 1 is 1.27 bits per heavy atom. The number of nitrogens with zero attached hydrogens (tertiary/aromatic N) is 1. The molecule has 3 heteroatoms. The van der Waals surface area contributed by atoms with Crippen LogP contribution in [0.15, 0.2) is 30.4 Å². The Balaban J connectivity index is 1.94. The van der Waals surface area contributed by atoms with Crippen molar-refractivity contribution < 1.29 is 14.1 Å². The van der Waals surface area contributed by atoms with Crippen molar-refractivity contribution >= 4 is 17.9 Å². The van der Waals surface area contributed by atoms with Crippen molar-refractivity contribution in [3.05, 3.63) is 35.9 Å². The average Bonchev–Trinajstić information content (AvgIpc) is 3.05. The Morgan fingerprint density at radius 2 is 2.00 bits per heavy atom. The second kappa shape index (κ2) is 5.71. The summed E-state index contributed by atoms with van der Waals surface area (Å²) in [5.74, 6) is 1.34. The van der Waals surface area contributed by atoms with Crippen LogP contribution in [-0.4, -0.2) is 23.8 Å². The lowest BCUT2D eigenvalue weighted by Gasteiger charge is -2.16. The van der Waals surface area contributed by atoms with Crippen molar-refractivity contribution in [3.8, 4) is 5.75 Å². The zero-order valence-electron chi connectivity index (χ0n) is 13.6. The normalized spacial score (nSPS) is 20.7. The zero-order chi connectivity index (χ0) is 15.7. The summed E-state index contributed by atoms with van der Waals surface area (Å²) in [7, 11) is 2.11. The fourth-order valence-electron chi connectivity index (χ4n) is 3.82. The van der Waals surface area contributed by atoms with E-state index in [0.29, 0.717) is 12.2 Å². The van der Waals surface area contributed by atoms with Crippen molar-refractivity contribution in [1.82, 2.24) is 0 Å². The van der Waals surface area contributed by atoms with Crippen LogP contribution in [0.4, 0.5) is 5.69 Å². The number of carbonyl (C=O) groups is 1. The summed E-state index contributed by atoms with van der Waals surface area (Å²) in [6.07, 6.45) is 10.0. The number of hydrogen-bond acceptors (Lipinski definition) is 2. The Bertz CT molecular complexity index is 649. The molecule has 1 aliphatic carbocycles. The van der Waals surface area contributed by atoms with E-state index in [1.165, 1.54) is 42.6 Å². The molecule has 0 N–H and O–H groups in total. The summed E-state index contributed by atoms with van der Waals surface area (Å²) >= 11 is 0. The third-order valence-corrected chi connectivity index (χ3v) is 5.11. The first-order valence-corrected chi connectivity index (χ1v) is 8.08. The highest BCUT2D eigenvalue weighted by molar-refractivity contribution is 6.03. The number of rotatable bonds is 4. The minimum absolute atomic E-state index is 0.0819. The number of ether oxygens (including phenoxy) is 1. The van der Waals surface area contributed by atoms with Gasteiger partial charge in [0.2, 0.25) is 5.69 Å². The van der Waals surface area contributed by atoms with Crippen LogP contribution in [0.1, 0.15) is 45.1 Å². The lowest BCUT2D eigenvalue weighted by atomic mass is 9.81. The first kappa shape index (κ1) is 15.0. The van der Waals surface area contributed by atoms with Crippen LogP contribution in [0.5, 0.6) is 5.75 Å². The maximum Gasteiger partial charge on any atom is 0.298 e. The smallest absolute Gasteiger partial charge is 0.298 e. The Morgan fingerprint density at radius 3 is 2.68 bits per heavy atom. The molecule has 1 fully saturated rings. The van der Waals surface area contributed by atoms with Gasteiger partial charge in [0.15, 0.2) is 5.71 Å². The van der Waals surface area contributed by atoms with Crippen molar-refractivity contribution in [2.75, 3.05) is 7.05 Å². The summed E-state index contributed by atoms with van der Waals surface area (Å²) in [6, 6.07) is 5.87. The molecule has 0 unspecified atom stereocenters. The third kappa shape index (κ3) is 2.49. The topological polar surface area (TPSA) is 29.3 Å². The summed E-state index contributed by atoms with van der Waals surface area (Å²) in [6.45, 7) is 4.95. The molecule has 1 saturated carbocycles. The summed E-state index contributed by atoms with van der Waals surface area (Å²) in [5, 5.41) is 0. The summed E-state index contributed by atoms with van der Waals surface area (Å²) in [5.41, 5.74) is 3.62. The molecule has 0 spiro atoms. The molecule has 3 rings (SSSR count).